The van der Waals surface area contributed by atoms with Gasteiger partial charge >= 0.3 is 0 Å². The maximum atomic E-state index is 13.4. The number of rotatable bonds is 9. The lowest BCUT2D eigenvalue weighted by atomic mass is 10.1. The molecule has 39 heavy (non-hydrogen) atoms. The minimum atomic E-state index is 0.159. The number of hydrogen-bond donors (Lipinski definition) is 0. The van der Waals surface area contributed by atoms with Crippen LogP contribution in [0.2, 0.25) is 0 Å². The number of piperazine rings is 2. The summed E-state index contributed by atoms with van der Waals surface area (Å²) in [6, 6.07) is 14.7. The first-order valence-electron chi connectivity index (χ1n) is 14.6. The first-order valence-corrected chi connectivity index (χ1v) is 14.6. The van der Waals surface area contributed by atoms with Crippen molar-refractivity contribution in [2.75, 3.05) is 79.6 Å². The van der Waals surface area contributed by atoms with E-state index in [0.717, 1.165) is 70.0 Å². The Bertz CT molecular complexity index is 1250. The highest BCUT2D eigenvalue weighted by molar-refractivity contribution is 5.99. The van der Waals surface area contributed by atoms with Gasteiger partial charge in [0.05, 0.1) is 7.11 Å². The van der Waals surface area contributed by atoms with Gasteiger partial charge in [-0.3, -0.25) is 9.69 Å². The third-order valence-electron chi connectivity index (χ3n) is 8.87. The molecule has 2 aliphatic rings. The molecule has 2 saturated heterocycles. The molecule has 3 aromatic rings. The third kappa shape index (κ3) is 6.48. The van der Waals surface area contributed by atoms with Crippen LogP contribution in [0.4, 0.5) is 0 Å². The normalized spacial score (nSPS) is 17.7. The second kappa shape index (κ2) is 12.5. The molecule has 2 aliphatic heterocycles. The fourth-order valence-electron chi connectivity index (χ4n) is 6.03. The first-order chi connectivity index (χ1) is 18.9. The van der Waals surface area contributed by atoms with Gasteiger partial charge in [-0.25, -0.2) is 0 Å². The molecule has 2 fully saturated rings. The monoisotopic (exact) mass is 531 g/mol. The molecule has 1 aromatic heterocycles. The topological polar surface area (TPSA) is 44.2 Å². The van der Waals surface area contributed by atoms with E-state index in [-0.39, 0.29) is 5.91 Å². The summed E-state index contributed by atoms with van der Waals surface area (Å²) in [5, 5.41) is 1.22. The molecule has 3 heterocycles. The quantitative estimate of drug-likeness (QED) is 0.419. The highest BCUT2D eigenvalue weighted by Gasteiger charge is 2.23. The lowest BCUT2D eigenvalue weighted by Gasteiger charge is -2.34. The molecule has 0 spiro atoms. The van der Waals surface area contributed by atoms with E-state index in [1.807, 2.05) is 23.1 Å². The van der Waals surface area contributed by atoms with Gasteiger partial charge in [0.15, 0.2) is 0 Å². The average Bonchev–Trinajstić information content (AvgIpc) is 3.21. The number of ether oxygens (including phenoxy) is 1. The van der Waals surface area contributed by atoms with Crippen LogP contribution in [0, 0.1) is 13.8 Å². The standard InChI is InChI=1S/C32H45N5O2/c1-25-26(2)37(14-5-13-34-18-16-33(3)17-19-34)31-11-8-28(24-30(25)31)32(38)36-22-20-35(21-23-36)15-12-27-6-9-29(39-4)10-7-27/h6-11,24H,5,12-23H2,1-4H3. The first kappa shape index (κ1) is 27.7. The van der Waals surface area contributed by atoms with Crippen LogP contribution in [-0.2, 0) is 13.0 Å². The van der Waals surface area contributed by atoms with Gasteiger partial charge in [-0.15, -0.1) is 0 Å². The Labute approximate surface area is 233 Å². The molecule has 0 aliphatic carbocycles. The summed E-state index contributed by atoms with van der Waals surface area (Å²) < 4.78 is 7.71. The van der Waals surface area contributed by atoms with Gasteiger partial charge in [-0.2, -0.15) is 0 Å². The number of hydrogen-bond acceptors (Lipinski definition) is 5. The van der Waals surface area contributed by atoms with Gasteiger partial charge in [0.2, 0.25) is 0 Å². The zero-order valence-corrected chi connectivity index (χ0v) is 24.3. The fourth-order valence-corrected chi connectivity index (χ4v) is 6.03. The highest BCUT2D eigenvalue weighted by atomic mass is 16.5. The lowest BCUT2D eigenvalue weighted by Crippen LogP contribution is -2.49. The summed E-state index contributed by atoms with van der Waals surface area (Å²) in [4.78, 5) is 22.9. The van der Waals surface area contributed by atoms with Crippen LogP contribution >= 0.6 is 0 Å². The molecule has 0 saturated carbocycles. The van der Waals surface area contributed by atoms with E-state index < -0.39 is 0 Å². The van der Waals surface area contributed by atoms with Crippen LogP contribution in [0.15, 0.2) is 42.5 Å². The Morgan fingerprint density at radius 3 is 2.18 bits per heavy atom. The molecule has 2 aromatic carbocycles. The summed E-state index contributed by atoms with van der Waals surface area (Å²) >= 11 is 0. The SMILES string of the molecule is COc1ccc(CCN2CCN(C(=O)c3ccc4c(c3)c(C)c(C)n4CCCN3CCN(C)CC3)CC2)cc1. The van der Waals surface area contributed by atoms with Crippen molar-refractivity contribution in [2.45, 2.75) is 33.2 Å². The zero-order valence-electron chi connectivity index (χ0n) is 24.3. The molecule has 0 radical (unpaired) electrons. The Morgan fingerprint density at radius 1 is 0.821 bits per heavy atom. The minimum absolute atomic E-state index is 0.159. The number of carbonyl (C=O) groups excluding carboxylic acids is 1. The summed E-state index contributed by atoms with van der Waals surface area (Å²) in [5.41, 5.74) is 6.00. The molecule has 0 bridgehead atoms. The molecular weight excluding hydrogens is 486 g/mol. The van der Waals surface area contributed by atoms with E-state index in [9.17, 15) is 4.79 Å². The van der Waals surface area contributed by atoms with Crippen molar-refractivity contribution in [3.8, 4) is 5.75 Å². The predicted molar refractivity (Wildman–Crippen MR) is 159 cm³/mol. The van der Waals surface area contributed by atoms with E-state index in [4.69, 9.17) is 4.74 Å². The van der Waals surface area contributed by atoms with Crippen molar-refractivity contribution in [1.82, 2.24) is 24.2 Å². The van der Waals surface area contributed by atoms with Crippen LogP contribution in [0.1, 0.15) is 33.6 Å². The third-order valence-corrected chi connectivity index (χ3v) is 8.87. The van der Waals surface area contributed by atoms with Crippen LogP contribution in [0.25, 0.3) is 10.9 Å². The van der Waals surface area contributed by atoms with Gasteiger partial charge in [0, 0.05) is 87.6 Å². The van der Waals surface area contributed by atoms with Crippen LogP contribution in [0.3, 0.4) is 0 Å². The molecule has 0 unspecified atom stereocenters. The smallest absolute Gasteiger partial charge is 0.253 e. The number of methoxy groups -OCH3 is 1. The van der Waals surface area contributed by atoms with Crippen LogP contribution in [-0.4, -0.2) is 110 Å². The van der Waals surface area contributed by atoms with Gasteiger partial charge < -0.3 is 24.0 Å². The number of carbonyl (C=O) groups is 1. The maximum absolute atomic E-state index is 13.4. The Morgan fingerprint density at radius 2 is 1.49 bits per heavy atom. The zero-order chi connectivity index (χ0) is 27.4. The average molecular weight is 532 g/mol. The number of aromatic nitrogens is 1. The van der Waals surface area contributed by atoms with E-state index in [2.05, 4.69) is 64.4 Å². The van der Waals surface area contributed by atoms with Crippen molar-refractivity contribution in [2.24, 2.45) is 0 Å². The van der Waals surface area contributed by atoms with E-state index in [1.54, 1.807) is 7.11 Å². The van der Waals surface area contributed by atoms with Gasteiger partial charge in [0.1, 0.15) is 5.75 Å². The second-order valence-electron chi connectivity index (χ2n) is 11.3. The molecule has 5 rings (SSSR count). The molecular formula is C32H45N5O2. The van der Waals surface area contributed by atoms with Crippen molar-refractivity contribution >= 4 is 16.8 Å². The fraction of sp³-hybridized carbons (Fsp3) is 0.531. The second-order valence-corrected chi connectivity index (χ2v) is 11.3. The largest absolute Gasteiger partial charge is 0.497 e. The van der Waals surface area contributed by atoms with Crippen molar-refractivity contribution < 1.29 is 9.53 Å². The van der Waals surface area contributed by atoms with E-state index >= 15 is 0 Å². The number of likely N-dealkylation sites (N-methyl/N-ethyl adjacent to an activating group) is 1. The molecule has 7 nitrogen and oxygen atoms in total. The Kier molecular flexibility index (Phi) is 8.90. The van der Waals surface area contributed by atoms with Crippen molar-refractivity contribution in [3.63, 3.8) is 0 Å². The molecule has 0 atom stereocenters. The number of benzene rings is 2. The summed E-state index contributed by atoms with van der Waals surface area (Å²) in [6.45, 7) is 15.7. The summed E-state index contributed by atoms with van der Waals surface area (Å²) in [6.07, 6.45) is 2.16. The van der Waals surface area contributed by atoms with E-state index in [1.165, 1.54) is 53.9 Å². The minimum Gasteiger partial charge on any atom is -0.497 e. The van der Waals surface area contributed by atoms with Crippen molar-refractivity contribution in [1.29, 1.82) is 0 Å². The summed E-state index contributed by atoms with van der Waals surface area (Å²) in [7, 11) is 3.91. The number of nitrogens with zero attached hydrogens (tertiary/aromatic N) is 5. The van der Waals surface area contributed by atoms with Crippen LogP contribution in [0.5, 0.6) is 5.75 Å². The molecule has 1 amide bonds. The Balaban J connectivity index is 1.15. The van der Waals surface area contributed by atoms with E-state index in [0.29, 0.717) is 0 Å². The van der Waals surface area contributed by atoms with Crippen molar-refractivity contribution in [3.05, 3.63) is 64.8 Å². The molecule has 7 heteroatoms. The van der Waals surface area contributed by atoms with Gasteiger partial charge in [-0.05, 0) is 81.7 Å². The number of fused-ring (bicyclic) bond motifs is 1. The number of aryl methyl sites for hydroxylation is 2. The molecule has 210 valence electrons. The Hall–Kier alpha value is -2.87. The van der Waals surface area contributed by atoms with Gasteiger partial charge in [0.25, 0.3) is 5.91 Å². The predicted octanol–water partition coefficient (Wildman–Crippen LogP) is 3.90. The van der Waals surface area contributed by atoms with Gasteiger partial charge in [-0.1, -0.05) is 12.1 Å². The lowest BCUT2D eigenvalue weighted by molar-refractivity contribution is 0.0638. The van der Waals surface area contributed by atoms with Crippen LogP contribution < -0.4 is 4.74 Å². The molecule has 0 N–H and O–H groups in total. The number of amides is 1. The highest BCUT2D eigenvalue weighted by Crippen LogP contribution is 2.27. The maximum Gasteiger partial charge on any atom is 0.253 e. The summed E-state index contributed by atoms with van der Waals surface area (Å²) in [5.74, 6) is 1.05.